The molecule has 0 bridgehead atoms. The van der Waals surface area contributed by atoms with Crippen LogP contribution in [0.5, 0.6) is 11.5 Å². The molecule has 7 heteroatoms. The molecule has 0 radical (unpaired) electrons. The van der Waals surface area contributed by atoms with Gasteiger partial charge in [0, 0.05) is 57.2 Å². The van der Waals surface area contributed by atoms with Crippen LogP contribution < -0.4 is 40.4 Å². The van der Waals surface area contributed by atoms with Crippen LogP contribution in [0, 0.1) is 0 Å². The van der Waals surface area contributed by atoms with Gasteiger partial charge in [-0.1, -0.05) is 109 Å². The highest BCUT2D eigenvalue weighted by molar-refractivity contribution is 7.21. The number of benzene rings is 7. The second-order valence-electron chi connectivity index (χ2n) is 15.2. The van der Waals surface area contributed by atoms with Crippen molar-refractivity contribution in [2.75, 3.05) is 4.90 Å². The molecule has 0 spiro atoms. The molecule has 12 rings (SSSR count). The van der Waals surface area contributed by atoms with E-state index in [0.29, 0.717) is 0 Å². The van der Waals surface area contributed by atoms with Gasteiger partial charge in [0.25, 0.3) is 0 Å². The molecule has 9 aromatic rings. The minimum absolute atomic E-state index is 0.618. The Labute approximate surface area is 344 Å². The van der Waals surface area contributed by atoms with Crippen LogP contribution in [-0.4, -0.2) is 25.2 Å². The van der Waals surface area contributed by atoms with Crippen molar-refractivity contribution in [3.63, 3.8) is 0 Å². The lowest BCUT2D eigenvalue weighted by Crippen LogP contribution is -2.77. The van der Waals surface area contributed by atoms with Crippen molar-refractivity contribution in [2.45, 2.75) is 0 Å². The van der Waals surface area contributed by atoms with Crippen molar-refractivity contribution in [2.24, 2.45) is 0 Å². The Morgan fingerprint density at radius 2 is 0.881 bits per heavy atom. The molecular formula is C52H34BN3O2Si. The van der Waals surface area contributed by atoms with Gasteiger partial charge in [-0.05, 0) is 117 Å². The number of para-hydroxylation sites is 2. The highest BCUT2D eigenvalue weighted by atomic mass is 28.3. The van der Waals surface area contributed by atoms with E-state index in [1.807, 2.05) is 36.7 Å². The van der Waals surface area contributed by atoms with Gasteiger partial charge < -0.3 is 14.2 Å². The zero-order chi connectivity index (χ0) is 38.9. The van der Waals surface area contributed by atoms with E-state index in [9.17, 15) is 0 Å². The fourth-order valence-electron chi connectivity index (χ4n) is 9.60. The predicted octanol–water partition coefficient (Wildman–Crippen LogP) is 8.79. The van der Waals surface area contributed by atoms with Crippen LogP contribution in [0.4, 0.5) is 17.1 Å². The molecule has 0 saturated heterocycles. The van der Waals surface area contributed by atoms with Gasteiger partial charge in [0.15, 0.2) is 8.07 Å². The molecule has 0 atom stereocenters. The van der Waals surface area contributed by atoms with Crippen molar-refractivity contribution in [3.8, 4) is 56.3 Å². The maximum Gasteiger partial charge on any atom is 0.633 e. The second kappa shape index (κ2) is 13.3. The molecule has 59 heavy (non-hydrogen) atoms. The molecule has 7 aromatic carbocycles. The van der Waals surface area contributed by atoms with Gasteiger partial charge in [0.2, 0.25) is 0 Å². The van der Waals surface area contributed by atoms with Crippen molar-refractivity contribution in [1.82, 2.24) is 9.97 Å². The first-order valence-electron chi connectivity index (χ1n) is 20.0. The Morgan fingerprint density at radius 1 is 0.424 bits per heavy atom. The summed E-state index contributed by atoms with van der Waals surface area (Å²) in [6.07, 6.45) is 3.68. The third kappa shape index (κ3) is 5.11. The lowest BCUT2D eigenvalue weighted by molar-refractivity contribution is 0.436. The molecule has 0 aliphatic carbocycles. The molecule has 3 aliphatic heterocycles. The van der Waals surface area contributed by atoms with Crippen LogP contribution in [-0.2, 0) is 0 Å². The van der Waals surface area contributed by atoms with Crippen molar-refractivity contribution >= 4 is 58.5 Å². The highest BCUT2D eigenvalue weighted by Gasteiger charge is 2.49. The summed E-state index contributed by atoms with van der Waals surface area (Å²) in [5.41, 5.74) is 12.5. The van der Waals surface area contributed by atoms with E-state index in [0.717, 1.165) is 67.4 Å². The maximum absolute atomic E-state index is 6.76. The average molecular weight is 772 g/mol. The zero-order valence-electron chi connectivity index (χ0n) is 31.9. The normalized spacial score (nSPS) is 13.8. The van der Waals surface area contributed by atoms with Crippen molar-refractivity contribution in [3.05, 3.63) is 207 Å². The summed E-state index contributed by atoms with van der Waals surface area (Å²) in [6.45, 7) is 0. The summed E-state index contributed by atoms with van der Waals surface area (Å²) < 4.78 is 13.5. The number of anilines is 3. The lowest BCUT2D eigenvalue weighted by Gasteiger charge is -2.45. The average Bonchev–Trinajstić information content (AvgIpc) is 3.31. The first-order valence-corrected chi connectivity index (χ1v) is 22.0. The molecule has 0 N–H and O–H groups in total. The molecule has 0 amide bonds. The van der Waals surface area contributed by atoms with Crippen LogP contribution in [0.3, 0.4) is 0 Å². The fourth-order valence-corrected chi connectivity index (χ4v) is 14.7. The molecule has 5 heterocycles. The molecule has 276 valence electrons. The number of aromatic nitrogens is 2. The van der Waals surface area contributed by atoms with Gasteiger partial charge in [-0.2, -0.15) is 0 Å². The van der Waals surface area contributed by atoms with Crippen LogP contribution in [0.2, 0.25) is 0 Å². The smallest absolute Gasteiger partial charge is 0.521 e. The van der Waals surface area contributed by atoms with E-state index < -0.39 is 15.2 Å². The third-order valence-corrected chi connectivity index (χ3v) is 17.0. The minimum atomic E-state index is -2.80. The Morgan fingerprint density at radius 3 is 1.36 bits per heavy atom. The van der Waals surface area contributed by atoms with Crippen LogP contribution >= 0.6 is 0 Å². The van der Waals surface area contributed by atoms with Gasteiger partial charge >= 0.3 is 7.12 Å². The molecule has 2 aromatic heterocycles. The Bertz CT molecular complexity index is 2870. The summed E-state index contributed by atoms with van der Waals surface area (Å²) >= 11 is 0. The fraction of sp³-hybridized carbons (Fsp3) is 0. The summed E-state index contributed by atoms with van der Waals surface area (Å²) in [7, 11) is -3.42. The molecule has 5 nitrogen and oxygen atoms in total. The number of hydrogen-bond donors (Lipinski definition) is 0. The standard InChI is InChI=1S/C52H34BN3O2Si/c1-3-15-38(16-4-1)59(39-17-5-2-6-18-39)50-23-9-7-21-46(50)56(47-22-8-10-24-51(47)59)37-33-42-40-31-35(44-19-11-13-29-54-44)25-27-48(40)57-53-52(42)43(34-37)41-32-36(26-28-49(41)58-53)45-20-12-14-30-55-45/h1-34H. The molecule has 0 saturated carbocycles. The van der Waals surface area contributed by atoms with E-state index in [1.165, 1.54) is 32.1 Å². The van der Waals surface area contributed by atoms with Gasteiger partial charge in [0.05, 0.1) is 11.4 Å². The molecular weight excluding hydrogens is 737 g/mol. The summed E-state index contributed by atoms with van der Waals surface area (Å²) in [4.78, 5) is 11.9. The zero-order valence-corrected chi connectivity index (χ0v) is 32.9. The van der Waals surface area contributed by atoms with E-state index >= 15 is 0 Å². The van der Waals surface area contributed by atoms with Gasteiger partial charge in [-0.15, -0.1) is 0 Å². The number of hydrogen-bond acceptors (Lipinski definition) is 5. The molecule has 0 unspecified atom stereocenters. The van der Waals surface area contributed by atoms with Crippen molar-refractivity contribution in [1.29, 1.82) is 0 Å². The van der Waals surface area contributed by atoms with Crippen molar-refractivity contribution < 1.29 is 9.31 Å². The number of fused-ring (bicyclic) bond motifs is 6. The second-order valence-corrected chi connectivity index (χ2v) is 19.0. The van der Waals surface area contributed by atoms with E-state index in [2.05, 4.69) is 175 Å². The molecule has 0 fully saturated rings. The maximum atomic E-state index is 6.76. The van der Waals surface area contributed by atoms with E-state index in [-0.39, 0.29) is 0 Å². The number of pyridine rings is 2. The predicted molar refractivity (Wildman–Crippen MR) is 242 cm³/mol. The first kappa shape index (κ1) is 33.6. The van der Waals surface area contributed by atoms with E-state index in [1.54, 1.807) is 0 Å². The third-order valence-electron chi connectivity index (χ3n) is 12.1. The Kier molecular flexibility index (Phi) is 7.58. The lowest BCUT2D eigenvalue weighted by atomic mass is 9.65. The molecule has 3 aliphatic rings. The SMILES string of the molecule is c1ccc([Si]2(c3ccccc3)c3ccccc3N(c3cc4c5c(c3)-c3cc(-c6ccccn6)ccc3OB5Oc3ccc(-c5ccccn5)cc3-4)c3ccccc32)cc1. The Hall–Kier alpha value is -7.48. The number of nitrogens with zero attached hydrogens (tertiary/aromatic N) is 3. The van der Waals surface area contributed by atoms with Crippen LogP contribution in [0.1, 0.15) is 0 Å². The first-order chi connectivity index (χ1) is 29.3. The largest absolute Gasteiger partial charge is 0.633 e. The minimum Gasteiger partial charge on any atom is -0.521 e. The quantitative estimate of drug-likeness (QED) is 0.164. The summed E-state index contributed by atoms with van der Waals surface area (Å²) in [6, 6.07) is 69.9. The van der Waals surface area contributed by atoms with Crippen LogP contribution in [0.25, 0.3) is 44.8 Å². The topological polar surface area (TPSA) is 47.5 Å². The van der Waals surface area contributed by atoms with Gasteiger partial charge in [-0.3, -0.25) is 9.97 Å². The van der Waals surface area contributed by atoms with Gasteiger partial charge in [0.1, 0.15) is 11.5 Å². The monoisotopic (exact) mass is 771 g/mol. The Balaban J connectivity index is 1.15. The number of rotatable bonds is 5. The van der Waals surface area contributed by atoms with Crippen LogP contribution in [0.15, 0.2) is 207 Å². The van der Waals surface area contributed by atoms with E-state index in [4.69, 9.17) is 19.3 Å². The van der Waals surface area contributed by atoms with Gasteiger partial charge in [-0.25, -0.2) is 0 Å². The highest BCUT2D eigenvalue weighted by Crippen LogP contribution is 2.48. The summed E-state index contributed by atoms with van der Waals surface area (Å²) in [5, 5.41) is 5.41. The summed E-state index contributed by atoms with van der Waals surface area (Å²) in [5.74, 6) is 1.55.